The number of nitrogens with zero attached hydrogens (tertiary/aromatic N) is 4. The molecule has 0 saturated carbocycles. The van der Waals surface area contributed by atoms with Crippen molar-refractivity contribution in [1.29, 1.82) is 0 Å². The minimum Gasteiger partial charge on any atom is -0.436 e. The van der Waals surface area contributed by atoms with Gasteiger partial charge in [0.15, 0.2) is 0 Å². The number of H-pyrrole nitrogens is 1. The molecule has 4 N–H and O–H groups in total. The van der Waals surface area contributed by atoms with Gasteiger partial charge in [0.05, 0.1) is 31.5 Å². The van der Waals surface area contributed by atoms with E-state index in [4.69, 9.17) is 16.0 Å². The van der Waals surface area contributed by atoms with Gasteiger partial charge in [-0.2, -0.15) is 4.31 Å². The van der Waals surface area contributed by atoms with Crippen molar-refractivity contribution in [2.24, 2.45) is 0 Å². The summed E-state index contributed by atoms with van der Waals surface area (Å²) < 4.78 is 34.4. The van der Waals surface area contributed by atoms with Crippen LogP contribution in [0.4, 0.5) is 0 Å². The van der Waals surface area contributed by atoms with Crippen LogP contribution in [0.15, 0.2) is 33.7 Å². The Kier molecular flexibility index (Phi) is 8.68. The zero-order chi connectivity index (χ0) is 29.3. The van der Waals surface area contributed by atoms with E-state index in [1.54, 1.807) is 18.2 Å². The summed E-state index contributed by atoms with van der Waals surface area (Å²) in [5, 5.41) is 23.1. The Morgan fingerprint density at radius 3 is 2.68 bits per heavy atom. The third kappa shape index (κ3) is 6.12. The minimum absolute atomic E-state index is 0.00264. The van der Waals surface area contributed by atoms with E-state index in [0.29, 0.717) is 40.3 Å². The lowest BCUT2D eigenvalue weighted by molar-refractivity contribution is -0.133. The van der Waals surface area contributed by atoms with Gasteiger partial charge < -0.3 is 34.7 Å². The molecule has 2 amide bonds. The molecule has 15 heteroatoms. The van der Waals surface area contributed by atoms with Crippen LogP contribution < -0.4 is 5.32 Å². The number of aromatic amines is 1. The summed E-state index contributed by atoms with van der Waals surface area (Å²) in [6.45, 7) is 1.67. The summed E-state index contributed by atoms with van der Waals surface area (Å²) in [4.78, 5) is 36.9. The number of amides is 2. The Hall–Kier alpha value is -3.01. The second-order valence-corrected chi connectivity index (χ2v) is 12.6. The molecule has 2 unspecified atom stereocenters. The van der Waals surface area contributed by atoms with Crippen molar-refractivity contribution in [3.8, 4) is 0 Å². The average Bonchev–Trinajstić information content (AvgIpc) is 3.56. The van der Waals surface area contributed by atoms with Crippen molar-refractivity contribution in [1.82, 2.24) is 29.4 Å². The highest BCUT2D eigenvalue weighted by molar-refractivity contribution is 7.89. The second-order valence-electron chi connectivity index (χ2n) is 10.3. The van der Waals surface area contributed by atoms with Gasteiger partial charge in [-0.1, -0.05) is 11.6 Å². The van der Waals surface area contributed by atoms with Gasteiger partial charge in [-0.25, -0.2) is 13.4 Å². The molecule has 13 nitrogen and oxygen atoms in total. The third-order valence-corrected chi connectivity index (χ3v) is 9.48. The maximum Gasteiger partial charge on any atom is 0.310 e. The Morgan fingerprint density at radius 2 is 1.95 bits per heavy atom. The molecule has 3 aromatic rings. The fraction of sp³-hybridized carbons (Fsp3) is 0.500. The van der Waals surface area contributed by atoms with E-state index in [9.17, 15) is 28.2 Å². The van der Waals surface area contributed by atoms with Crippen LogP contribution in [-0.4, -0.2) is 113 Å². The number of aromatic nitrogens is 2. The number of rotatable bonds is 9. The van der Waals surface area contributed by atoms with E-state index in [1.165, 1.54) is 20.2 Å². The molecule has 222 valence electrons. The number of benzene rings is 1. The summed E-state index contributed by atoms with van der Waals surface area (Å²) in [6, 6.07) is 5.85. The first-order valence-corrected chi connectivity index (χ1v) is 15.2. The summed E-state index contributed by atoms with van der Waals surface area (Å²) >= 11 is 6.07. The number of aliphatic hydroxyl groups is 2. The molecule has 5 rings (SSSR count). The van der Waals surface area contributed by atoms with Gasteiger partial charge in [-0.15, -0.1) is 0 Å². The standard InChI is InChI=1S/C26H33ClN6O7S/c1-16-10-21-22(14-28-16)40-25(30-21)26(37)33-5-4-32(15-19(33)13-24(36)31(6-8-34)7-9-35)41(38,39)23-12-17-11-18(27)2-3-20(17)29-23/h2-3,11-12,16,19,28-29,34-35H,4-10,13-15H2,1H3. The number of fused-ring (bicyclic) bond motifs is 2. The van der Waals surface area contributed by atoms with Crippen molar-refractivity contribution < 1.29 is 32.6 Å². The van der Waals surface area contributed by atoms with Crippen LogP contribution in [0.3, 0.4) is 0 Å². The van der Waals surface area contributed by atoms with E-state index in [1.807, 2.05) is 6.92 Å². The van der Waals surface area contributed by atoms with E-state index in [2.05, 4.69) is 15.3 Å². The predicted octanol–water partition coefficient (Wildman–Crippen LogP) is 0.562. The van der Waals surface area contributed by atoms with Crippen molar-refractivity contribution in [2.45, 2.75) is 43.4 Å². The lowest BCUT2D eigenvalue weighted by Crippen LogP contribution is -2.57. The molecule has 0 radical (unpaired) electrons. The minimum atomic E-state index is -4.02. The van der Waals surface area contributed by atoms with Crippen LogP contribution in [0.25, 0.3) is 10.9 Å². The molecule has 1 aromatic carbocycles. The van der Waals surface area contributed by atoms with Gasteiger partial charge in [0.1, 0.15) is 10.8 Å². The highest BCUT2D eigenvalue weighted by atomic mass is 35.5. The number of sulfonamides is 1. The highest BCUT2D eigenvalue weighted by Crippen LogP contribution is 2.28. The molecule has 0 spiro atoms. The van der Waals surface area contributed by atoms with Crippen LogP contribution >= 0.6 is 11.6 Å². The molecule has 0 bridgehead atoms. The molecule has 1 saturated heterocycles. The topological polar surface area (TPSA) is 172 Å². The first-order valence-electron chi connectivity index (χ1n) is 13.4. The molecular weight excluding hydrogens is 576 g/mol. The van der Waals surface area contributed by atoms with Gasteiger partial charge in [0.2, 0.25) is 5.91 Å². The van der Waals surface area contributed by atoms with Crippen molar-refractivity contribution in [2.75, 3.05) is 45.9 Å². The predicted molar refractivity (Wildman–Crippen MR) is 149 cm³/mol. The van der Waals surface area contributed by atoms with Gasteiger partial charge in [-0.05, 0) is 31.2 Å². The molecule has 2 aromatic heterocycles. The molecule has 41 heavy (non-hydrogen) atoms. The van der Waals surface area contributed by atoms with E-state index >= 15 is 0 Å². The number of piperazine rings is 1. The lowest BCUT2D eigenvalue weighted by atomic mass is 10.1. The van der Waals surface area contributed by atoms with Crippen LogP contribution in [0.5, 0.6) is 0 Å². The Balaban J connectivity index is 1.42. The zero-order valence-electron chi connectivity index (χ0n) is 22.5. The number of hydrogen-bond donors (Lipinski definition) is 4. The summed E-state index contributed by atoms with van der Waals surface area (Å²) in [6.07, 6.45) is 0.381. The second kappa shape index (κ2) is 12.1. The highest BCUT2D eigenvalue weighted by Gasteiger charge is 2.40. The largest absolute Gasteiger partial charge is 0.436 e. The maximum absolute atomic E-state index is 13.7. The summed E-state index contributed by atoms with van der Waals surface area (Å²) in [7, 11) is -4.02. The lowest BCUT2D eigenvalue weighted by Gasteiger charge is -2.40. The third-order valence-electron chi connectivity index (χ3n) is 7.46. The van der Waals surface area contributed by atoms with Crippen LogP contribution in [0, 0.1) is 0 Å². The van der Waals surface area contributed by atoms with E-state index in [0.717, 1.165) is 0 Å². The number of carbonyl (C=O) groups excluding carboxylic acids is 2. The SMILES string of the molecule is CC1Cc2nc(C(=O)N3CCN(S(=O)(=O)c4cc5cc(Cl)ccc5[nH]4)CC3CC(=O)N(CCO)CCO)oc2CN1. The molecule has 1 fully saturated rings. The molecule has 4 heterocycles. The number of oxazole rings is 1. The van der Waals surface area contributed by atoms with Crippen molar-refractivity contribution in [3.05, 3.63) is 46.6 Å². The normalized spacial score (nSPS) is 19.9. The Morgan fingerprint density at radius 1 is 1.20 bits per heavy atom. The van der Waals surface area contributed by atoms with Crippen molar-refractivity contribution in [3.63, 3.8) is 0 Å². The van der Waals surface area contributed by atoms with Crippen LogP contribution in [-0.2, 0) is 27.8 Å². The molecule has 0 aliphatic carbocycles. The van der Waals surface area contributed by atoms with Gasteiger partial charge in [-0.3, -0.25) is 9.59 Å². The molecule has 2 atom stereocenters. The number of nitrogens with one attached hydrogen (secondary N) is 2. The molecule has 2 aliphatic heterocycles. The fourth-order valence-electron chi connectivity index (χ4n) is 5.30. The first kappa shape index (κ1) is 29.5. The summed E-state index contributed by atoms with van der Waals surface area (Å²) in [5.74, 6) is -0.482. The van der Waals surface area contributed by atoms with Crippen LogP contribution in [0.2, 0.25) is 5.02 Å². The van der Waals surface area contributed by atoms with E-state index < -0.39 is 27.9 Å². The fourth-order valence-corrected chi connectivity index (χ4v) is 6.96. The number of aliphatic hydroxyl groups excluding tert-OH is 2. The number of hydrogen-bond acceptors (Lipinski definition) is 9. The van der Waals surface area contributed by atoms with Crippen LogP contribution in [0.1, 0.15) is 35.5 Å². The van der Waals surface area contributed by atoms with Gasteiger partial charge >= 0.3 is 5.91 Å². The van der Waals surface area contributed by atoms with Gasteiger partial charge in [0.25, 0.3) is 15.9 Å². The van der Waals surface area contributed by atoms with Gasteiger partial charge in [0, 0.05) is 67.5 Å². The quantitative estimate of drug-likeness (QED) is 0.271. The van der Waals surface area contributed by atoms with E-state index in [-0.39, 0.29) is 69.3 Å². The monoisotopic (exact) mass is 608 g/mol. The number of halogens is 1. The molecule has 2 aliphatic rings. The van der Waals surface area contributed by atoms with Crippen molar-refractivity contribution >= 4 is 44.3 Å². The summed E-state index contributed by atoms with van der Waals surface area (Å²) in [5.41, 5.74) is 1.30. The number of carbonyl (C=O) groups is 2. The maximum atomic E-state index is 13.7. The Labute approximate surface area is 242 Å². The average molecular weight is 609 g/mol. The molecular formula is C26H33ClN6O7S. The smallest absolute Gasteiger partial charge is 0.310 e. The Bertz CT molecular complexity index is 1530. The first-order chi connectivity index (χ1) is 19.6. The zero-order valence-corrected chi connectivity index (χ0v) is 24.1.